The lowest BCUT2D eigenvalue weighted by atomic mass is 9.95. The lowest BCUT2D eigenvalue weighted by molar-refractivity contribution is 0.0965. The minimum Gasteiger partial charge on any atom is -0.434 e. The van der Waals surface area contributed by atoms with Crippen molar-refractivity contribution in [3.05, 3.63) is 47.5 Å². The van der Waals surface area contributed by atoms with Gasteiger partial charge in [0.2, 0.25) is 0 Å². The van der Waals surface area contributed by atoms with Gasteiger partial charge in [-0.15, -0.1) is 0 Å². The molecule has 0 saturated carbocycles. The highest BCUT2D eigenvalue weighted by atomic mass is 16.7. The van der Waals surface area contributed by atoms with Gasteiger partial charge in [0, 0.05) is 21.5 Å². The summed E-state index contributed by atoms with van der Waals surface area (Å²) in [4.78, 5) is 25.2. The lowest BCUT2D eigenvalue weighted by Crippen LogP contribution is -2.14. The van der Waals surface area contributed by atoms with Crippen molar-refractivity contribution in [3.63, 3.8) is 0 Å². The third-order valence-corrected chi connectivity index (χ3v) is 6.43. The van der Waals surface area contributed by atoms with Gasteiger partial charge in [0.05, 0.1) is 13.2 Å². The summed E-state index contributed by atoms with van der Waals surface area (Å²) in [5.41, 5.74) is 1.96. The summed E-state index contributed by atoms with van der Waals surface area (Å²) in [5.74, 6) is 0.795. The van der Waals surface area contributed by atoms with Crippen molar-refractivity contribution in [2.24, 2.45) is 0 Å². The minimum atomic E-state index is -0.740. The molecule has 0 atom stereocenters. The molecular formula is C30H38O6. The summed E-state index contributed by atoms with van der Waals surface area (Å²) in [6, 6.07) is 11.3. The van der Waals surface area contributed by atoms with Gasteiger partial charge in [-0.3, -0.25) is 0 Å². The van der Waals surface area contributed by atoms with Crippen LogP contribution in [0.5, 0.6) is 11.5 Å². The molecule has 6 heteroatoms. The molecule has 3 aromatic rings. The molecule has 0 aliphatic heterocycles. The van der Waals surface area contributed by atoms with Crippen LogP contribution < -0.4 is 9.47 Å². The Balaban J connectivity index is 1.94. The van der Waals surface area contributed by atoms with E-state index in [1.165, 1.54) is 0 Å². The van der Waals surface area contributed by atoms with Crippen LogP contribution in [0.3, 0.4) is 0 Å². The summed E-state index contributed by atoms with van der Waals surface area (Å²) in [6.07, 6.45) is 6.58. The Bertz CT molecular complexity index is 1180. The number of ether oxygens (including phenoxy) is 4. The molecule has 6 nitrogen and oxygen atoms in total. The highest BCUT2D eigenvalue weighted by molar-refractivity contribution is 6.13. The highest BCUT2D eigenvalue weighted by Crippen LogP contribution is 2.45. The third kappa shape index (κ3) is 6.90. The van der Waals surface area contributed by atoms with Crippen LogP contribution in [-0.4, -0.2) is 25.5 Å². The number of rotatable bonds is 12. The number of fused-ring (bicyclic) bond motifs is 2. The first-order valence-electron chi connectivity index (χ1n) is 13.1. The van der Waals surface area contributed by atoms with Crippen molar-refractivity contribution in [2.75, 3.05) is 13.2 Å². The van der Waals surface area contributed by atoms with E-state index in [2.05, 4.69) is 13.8 Å². The smallest absolute Gasteiger partial charge is 0.434 e. The number of hydrogen-bond acceptors (Lipinski definition) is 6. The lowest BCUT2D eigenvalue weighted by Gasteiger charge is -2.18. The Labute approximate surface area is 213 Å². The van der Waals surface area contributed by atoms with E-state index in [-0.39, 0.29) is 0 Å². The van der Waals surface area contributed by atoms with Crippen LogP contribution in [-0.2, 0) is 9.47 Å². The van der Waals surface area contributed by atoms with Gasteiger partial charge in [-0.2, -0.15) is 0 Å². The number of benzene rings is 3. The van der Waals surface area contributed by atoms with Gasteiger partial charge in [-0.1, -0.05) is 88.8 Å². The third-order valence-electron chi connectivity index (χ3n) is 6.43. The quantitative estimate of drug-likeness (QED) is 0.108. The monoisotopic (exact) mass is 494 g/mol. The van der Waals surface area contributed by atoms with Crippen molar-refractivity contribution in [1.82, 2.24) is 0 Å². The van der Waals surface area contributed by atoms with Crippen molar-refractivity contribution >= 4 is 33.9 Å². The summed E-state index contributed by atoms with van der Waals surface area (Å²) in [5, 5.41) is 2.70. The van der Waals surface area contributed by atoms with Crippen LogP contribution in [0.2, 0.25) is 0 Å². The zero-order valence-corrected chi connectivity index (χ0v) is 22.0. The van der Waals surface area contributed by atoms with Gasteiger partial charge in [-0.05, 0) is 37.8 Å². The summed E-state index contributed by atoms with van der Waals surface area (Å²) in [6.45, 7) is 8.86. The van der Waals surface area contributed by atoms with E-state index in [0.29, 0.717) is 46.3 Å². The molecule has 194 valence electrons. The van der Waals surface area contributed by atoms with E-state index in [0.717, 1.165) is 62.5 Å². The van der Waals surface area contributed by atoms with Crippen LogP contribution >= 0.6 is 0 Å². The molecule has 0 aliphatic rings. The van der Waals surface area contributed by atoms with Gasteiger partial charge in [-0.25, -0.2) is 9.59 Å². The maximum absolute atomic E-state index is 12.6. The molecule has 0 aliphatic carbocycles. The number of carbonyl (C=O) groups is 2. The van der Waals surface area contributed by atoms with E-state index in [1.807, 2.05) is 50.2 Å². The van der Waals surface area contributed by atoms with Crippen LogP contribution in [0.25, 0.3) is 21.5 Å². The van der Waals surface area contributed by atoms with Crippen molar-refractivity contribution in [2.45, 2.75) is 79.1 Å². The topological polar surface area (TPSA) is 71.1 Å². The summed E-state index contributed by atoms with van der Waals surface area (Å²) < 4.78 is 22.3. The van der Waals surface area contributed by atoms with Crippen molar-refractivity contribution in [1.29, 1.82) is 0 Å². The fraction of sp³-hybridized carbons (Fsp3) is 0.467. The van der Waals surface area contributed by atoms with E-state index < -0.39 is 12.3 Å². The Morgan fingerprint density at radius 3 is 1.72 bits per heavy atom. The minimum absolute atomic E-state index is 0.317. The second kappa shape index (κ2) is 13.7. The first-order chi connectivity index (χ1) is 17.5. The molecule has 0 spiro atoms. The molecule has 0 saturated heterocycles. The van der Waals surface area contributed by atoms with Crippen LogP contribution in [0.1, 0.15) is 76.3 Å². The zero-order chi connectivity index (χ0) is 25.9. The SMILES string of the molecule is CCCCCCOC(=O)Oc1c2ccccc2c(OC(=O)OCCCCCC)c2c(C)c(C)ccc12. The molecule has 0 bridgehead atoms. The summed E-state index contributed by atoms with van der Waals surface area (Å²) in [7, 11) is 0. The molecule has 0 amide bonds. The summed E-state index contributed by atoms with van der Waals surface area (Å²) >= 11 is 0. The predicted octanol–water partition coefficient (Wildman–Crippen LogP) is 8.80. The highest BCUT2D eigenvalue weighted by Gasteiger charge is 2.23. The van der Waals surface area contributed by atoms with E-state index >= 15 is 0 Å². The molecular weight excluding hydrogens is 456 g/mol. The molecule has 3 aromatic carbocycles. The standard InChI is InChI=1S/C30H38O6/c1-5-7-9-13-19-33-29(31)35-27-23-15-11-12-16-24(23)28(26-22(4)21(3)17-18-25(26)27)36-30(32)34-20-14-10-8-6-2/h11-12,15-18H,5-10,13-14,19-20H2,1-4H3. The van der Waals surface area contributed by atoms with Crippen molar-refractivity contribution < 1.29 is 28.5 Å². The number of aryl methyl sites for hydroxylation is 2. The molecule has 0 fully saturated rings. The zero-order valence-electron chi connectivity index (χ0n) is 22.0. The van der Waals surface area contributed by atoms with Crippen LogP contribution in [0.15, 0.2) is 36.4 Å². The second-order valence-corrected chi connectivity index (χ2v) is 9.16. The molecule has 0 heterocycles. The first kappa shape index (κ1) is 27.3. The molecule has 0 N–H and O–H groups in total. The van der Waals surface area contributed by atoms with Gasteiger partial charge in [0.25, 0.3) is 0 Å². The van der Waals surface area contributed by atoms with Gasteiger partial charge in [0.1, 0.15) is 5.75 Å². The number of hydrogen-bond donors (Lipinski definition) is 0. The predicted molar refractivity (Wildman–Crippen MR) is 143 cm³/mol. The Hall–Kier alpha value is -3.28. The average molecular weight is 495 g/mol. The Morgan fingerprint density at radius 1 is 0.639 bits per heavy atom. The van der Waals surface area contributed by atoms with Gasteiger partial charge >= 0.3 is 12.3 Å². The molecule has 0 unspecified atom stereocenters. The largest absolute Gasteiger partial charge is 0.513 e. The second-order valence-electron chi connectivity index (χ2n) is 9.16. The number of unbranched alkanes of at least 4 members (excludes halogenated alkanes) is 6. The fourth-order valence-corrected chi connectivity index (χ4v) is 4.27. The maximum Gasteiger partial charge on any atom is 0.513 e. The van der Waals surface area contributed by atoms with Gasteiger partial charge < -0.3 is 18.9 Å². The van der Waals surface area contributed by atoms with E-state index in [9.17, 15) is 9.59 Å². The van der Waals surface area contributed by atoms with E-state index in [4.69, 9.17) is 18.9 Å². The van der Waals surface area contributed by atoms with Crippen LogP contribution in [0.4, 0.5) is 9.59 Å². The Kier molecular flexibility index (Phi) is 10.4. The number of carbonyl (C=O) groups excluding carboxylic acids is 2. The molecule has 3 rings (SSSR count). The molecule has 0 radical (unpaired) electrons. The van der Waals surface area contributed by atoms with E-state index in [1.54, 1.807) is 0 Å². The molecule has 0 aromatic heterocycles. The average Bonchev–Trinajstić information content (AvgIpc) is 2.87. The van der Waals surface area contributed by atoms with Gasteiger partial charge in [0.15, 0.2) is 5.75 Å². The van der Waals surface area contributed by atoms with Crippen molar-refractivity contribution in [3.8, 4) is 11.5 Å². The first-order valence-corrected chi connectivity index (χ1v) is 13.1. The Morgan fingerprint density at radius 2 is 1.17 bits per heavy atom. The van der Waals surface area contributed by atoms with Crippen LogP contribution in [0, 0.1) is 13.8 Å². The maximum atomic E-state index is 12.6. The fourth-order valence-electron chi connectivity index (χ4n) is 4.27. The molecule has 36 heavy (non-hydrogen) atoms. The normalized spacial score (nSPS) is 11.0.